The second-order valence-electron chi connectivity index (χ2n) is 6.98. The van der Waals surface area contributed by atoms with Gasteiger partial charge in [0.1, 0.15) is 0 Å². The predicted molar refractivity (Wildman–Crippen MR) is 110 cm³/mol. The van der Waals surface area contributed by atoms with Crippen LogP contribution in [0.15, 0.2) is 17.6 Å². The van der Waals surface area contributed by atoms with E-state index >= 15 is 0 Å². The zero-order valence-electron chi connectivity index (χ0n) is 15.1. The number of aryl methyl sites for hydroxylation is 1. The molecule has 2 aliphatic rings. The molecule has 1 amide bonds. The van der Waals surface area contributed by atoms with Crippen molar-refractivity contribution in [3.8, 4) is 5.13 Å². The number of hydrogen-bond acceptors (Lipinski definition) is 4. The monoisotopic (exact) mass is 416 g/mol. The van der Waals surface area contributed by atoms with Crippen molar-refractivity contribution in [1.82, 2.24) is 19.8 Å². The van der Waals surface area contributed by atoms with Crippen LogP contribution >= 0.6 is 36.2 Å². The average Bonchev–Trinajstić information content (AvgIpc) is 3.27. The topological polar surface area (TPSA) is 50.2 Å². The van der Waals surface area contributed by atoms with Crippen molar-refractivity contribution in [2.24, 2.45) is 11.8 Å². The van der Waals surface area contributed by atoms with Gasteiger partial charge in [-0.3, -0.25) is 9.36 Å². The molecule has 5 nitrogen and oxygen atoms in total. The third-order valence-corrected chi connectivity index (χ3v) is 6.34. The van der Waals surface area contributed by atoms with Crippen LogP contribution in [-0.2, 0) is 0 Å². The molecule has 2 saturated heterocycles. The number of rotatable bonds is 2. The van der Waals surface area contributed by atoms with Crippen molar-refractivity contribution in [1.29, 1.82) is 0 Å². The number of aromatic nitrogens is 2. The van der Waals surface area contributed by atoms with E-state index in [1.54, 1.807) is 11.3 Å². The number of nitrogens with zero attached hydrogens (tertiary/aromatic N) is 3. The molecule has 8 heteroatoms. The van der Waals surface area contributed by atoms with E-state index in [-0.39, 0.29) is 30.7 Å². The van der Waals surface area contributed by atoms with Crippen LogP contribution in [0.5, 0.6) is 0 Å². The molecular weight excluding hydrogens is 391 g/mol. The molecule has 1 N–H and O–H groups in total. The molecule has 4 rings (SSSR count). The van der Waals surface area contributed by atoms with E-state index in [9.17, 15) is 4.79 Å². The quantitative estimate of drug-likeness (QED) is 0.814. The fourth-order valence-electron chi connectivity index (χ4n) is 4.19. The maximum absolute atomic E-state index is 13.1. The molecule has 2 fully saturated rings. The van der Waals surface area contributed by atoms with Crippen LogP contribution in [0.25, 0.3) is 5.13 Å². The van der Waals surface area contributed by atoms with Crippen LogP contribution in [-0.4, -0.2) is 46.5 Å². The average molecular weight is 417 g/mol. The molecule has 26 heavy (non-hydrogen) atoms. The molecule has 4 heterocycles. The van der Waals surface area contributed by atoms with Crippen LogP contribution in [0, 0.1) is 25.7 Å². The number of amides is 1. The maximum atomic E-state index is 13.1. The van der Waals surface area contributed by atoms with E-state index in [2.05, 4.69) is 19.8 Å². The summed E-state index contributed by atoms with van der Waals surface area (Å²) >= 11 is 1.60. The third kappa shape index (κ3) is 3.79. The Hall–Kier alpha value is -1.08. The van der Waals surface area contributed by atoms with Crippen molar-refractivity contribution < 1.29 is 4.79 Å². The normalized spacial score (nSPS) is 22.2. The zero-order valence-corrected chi connectivity index (χ0v) is 17.6. The second kappa shape index (κ2) is 8.74. The molecule has 0 aliphatic carbocycles. The Morgan fingerprint density at radius 1 is 1.19 bits per heavy atom. The highest BCUT2D eigenvalue weighted by molar-refractivity contribution is 7.12. The van der Waals surface area contributed by atoms with Crippen LogP contribution in [0.2, 0.25) is 0 Å². The number of nitrogens with one attached hydrogen (secondary N) is 1. The number of fused-ring (bicyclic) bond motifs is 1. The third-order valence-electron chi connectivity index (χ3n) is 5.58. The standard InChI is InChI=1S/C18H24N4OS.2ClH/c1-12-9-16(13(2)22(12)18-20-5-8-24-18)17(23)21-6-3-14-10-19-11-15(14)4-7-21;;/h5,8-9,14-15,19H,3-4,6-7,10-11H2,1-2H3;2*1H/t14-,15+;;. The molecule has 0 spiro atoms. The fourth-order valence-corrected chi connectivity index (χ4v) is 4.94. The predicted octanol–water partition coefficient (Wildman–Crippen LogP) is 3.47. The van der Waals surface area contributed by atoms with Gasteiger partial charge >= 0.3 is 0 Å². The number of halogens is 2. The molecule has 0 saturated carbocycles. The lowest BCUT2D eigenvalue weighted by molar-refractivity contribution is 0.0758. The zero-order chi connectivity index (χ0) is 16.7. The molecule has 2 aromatic heterocycles. The van der Waals surface area contributed by atoms with E-state index in [1.807, 2.05) is 31.5 Å². The Balaban J connectivity index is 0.00000121. The summed E-state index contributed by atoms with van der Waals surface area (Å²) in [6.07, 6.45) is 4.05. The van der Waals surface area contributed by atoms with Crippen molar-refractivity contribution in [2.45, 2.75) is 26.7 Å². The van der Waals surface area contributed by atoms with Crippen molar-refractivity contribution in [3.05, 3.63) is 34.6 Å². The Morgan fingerprint density at radius 3 is 2.42 bits per heavy atom. The summed E-state index contributed by atoms with van der Waals surface area (Å²) in [6, 6.07) is 2.02. The van der Waals surface area contributed by atoms with Crippen molar-refractivity contribution in [3.63, 3.8) is 0 Å². The maximum Gasteiger partial charge on any atom is 0.255 e. The SMILES string of the molecule is Cc1cc(C(=O)N2CC[C@@H]3CNC[C@@H]3CC2)c(C)n1-c1nccs1.Cl.Cl. The molecule has 2 atom stereocenters. The van der Waals surface area contributed by atoms with E-state index in [1.165, 1.54) is 0 Å². The summed E-state index contributed by atoms with van der Waals surface area (Å²) in [6.45, 7) is 8.06. The highest BCUT2D eigenvalue weighted by Crippen LogP contribution is 2.29. The van der Waals surface area contributed by atoms with Gasteiger partial charge in [-0.1, -0.05) is 0 Å². The minimum absolute atomic E-state index is 0. The first-order chi connectivity index (χ1) is 11.6. The summed E-state index contributed by atoms with van der Waals surface area (Å²) in [4.78, 5) is 19.6. The summed E-state index contributed by atoms with van der Waals surface area (Å²) < 4.78 is 2.09. The first-order valence-corrected chi connectivity index (χ1v) is 9.62. The van der Waals surface area contributed by atoms with E-state index < -0.39 is 0 Å². The minimum atomic E-state index is 0. The summed E-state index contributed by atoms with van der Waals surface area (Å²) in [5, 5.41) is 6.39. The highest BCUT2D eigenvalue weighted by atomic mass is 35.5. The van der Waals surface area contributed by atoms with Crippen LogP contribution in [0.1, 0.15) is 34.6 Å². The van der Waals surface area contributed by atoms with Crippen LogP contribution < -0.4 is 5.32 Å². The summed E-state index contributed by atoms with van der Waals surface area (Å²) in [5.74, 6) is 1.66. The molecular formula is C18H26Cl2N4OS. The van der Waals surface area contributed by atoms with Gasteiger partial charge in [0.2, 0.25) is 0 Å². The lowest BCUT2D eigenvalue weighted by Gasteiger charge is -2.21. The van der Waals surface area contributed by atoms with Gasteiger partial charge in [0.05, 0.1) is 5.56 Å². The van der Waals surface area contributed by atoms with E-state index in [0.29, 0.717) is 0 Å². The Kier molecular flexibility index (Phi) is 7.13. The molecule has 144 valence electrons. The number of thiazole rings is 1. The second-order valence-corrected chi connectivity index (χ2v) is 7.86. The number of carbonyl (C=O) groups is 1. The number of hydrogen-bond donors (Lipinski definition) is 1. The summed E-state index contributed by atoms with van der Waals surface area (Å²) in [7, 11) is 0. The minimum Gasteiger partial charge on any atom is -0.339 e. The van der Waals surface area contributed by atoms with Crippen molar-refractivity contribution in [2.75, 3.05) is 26.2 Å². The van der Waals surface area contributed by atoms with Gasteiger partial charge in [-0.25, -0.2) is 4.98 Å². The van der Waals surface area contributed by atoms with Gasteiger partial charge in [-0.05, 0) is 57.7 Å². The van der Waals surface area contributed by atoms with Gasteiger partial charge in [-0.2, -0.15) is 0 Å². The smallest absolute Gasteiger partial charge is 0.255 e. The van der Waals surface area contributed by atoms with Gasteiger partial charge in [0, 0.05) is 36.1 Å². The molecule has 0 radical (unpaired) electrons. The lowest BCUT2D eigenvalue weighted by atomic mass is 9.92. The molecule has 2 aromatic rings. The Bertz CT molecular complexity index is 733. The van der Waals surface area contributed by atoms with Crippen LogP contribution in [0.4, 0.5) is 0 Å². The van der Waals surface area contributed by atoms with Gasteiger partial charge < -0.3 is 10.2 Å². The van der Waals surface area contributed by atoms with Gasteiger partial charge in [0.25, 0.3) is 5.91 Å². The molecule has 2 aliphatic heterocycles. The molecule has 0 aromatic carbocycles. The Labute approximate surface area is 171 Å². The highest BCUT2D eigenvalue weighted by Gasteiger charge is 2.32. The first kappa shape index (κ1) is 21.2. The van der Waals surface area contributed by atoms with Crippen LogP contribution in [0.3, 0.4) is 0 Å². The lowest BCUT2D eigenvalue weighted by Crippen LogP contribution is -2.33. The first-order valence-electron chi connectivity index (χ1n) is 8.74. The fraction of sp³-hybridized carbons (Fsp3) is 0.556. The number of likely N-dealkylation sites (tertiary alicyclic amines) is 1. The van der Waals surface area contributed by atoms with E-state index in [4.69, 9.17) is 0 Å². The van der Waals surface area contributed by atoms with Gasteiger partial charge in [-0.15, -0.1) is 36.2 Å². The van der Waals surface area contributed by atoms with E-state index in [0.717, 1.165) is 72.9 Å². The molecule has 0 bridgehead atoms. The molecule has 0 unspecified atom stereocenters. The van der Waals surface area contributed by atoms with Crippen molar-refractivity contribution >= 4 is 42.1 Å². The number of carbonyl (C=O) groups excluding carboxylic acids is 1. The summed E-state index contributed by atoms with van der Waals surface area (Å²) in [5.41, 5.74) is 2.90. The largest absolute Gasteiger partial charge is 0.339 e. The Morgan fingerprint density at radius 2 is 1.85 bits per heavy atom. The van der Waals surface area contributed by atoms with Gasteiger partial charge in [0.15, 0.2) is 5.13 Å².